The summed E-state index contributed by atoms with van der Waals surface area (Å²) in [5, 5.41) is 32.4. The molecule has 0 spiro atoms. The third-order valence-corrected chi connectivity index (χ3v) is 4.87. The molecule has 11 nitrogen and oxygen atoms in total. The number of aliphatic carboxylic acids is 3. The number of carbonyl (C=O) groups is 3. The van der Waals surface area contributed by atoms with E-state index in [-0.39, 0.29) is 17.0 Å². The monoisotopic (exact) mass is 459 g/mol. The second-order valence-corrected chi connectivity index (χ2v) is 7.24. The van der Waals surface area contributed by atoms with Gasteiger partial charge in [-0.15, -0.1) is 0 Å². The molecule has 1 heterocycles. The lowest BCUT2D eigenvalue weighted by Gasteiger charge is -2.20. The van der Waals surface area contributed by atoms with Crippen molar-refractivity contribution in [2.24, 2.45) is 5.73 Å². The number of hydrogen-bond donors (Lipinski definition) is 6. The molecule has 32 heavy (non-hydrogen) atoms. The molecule has 0 radical (unpaired) electrons. The summed E-state index contributed by atoms with van der Waals surface area (Å²) < 4.78 is 0. The van der Waals surface area contributed by atoms with Crippen molar-refractivity contribution in [1.82, 2.24) is 10.6 Å². The van der Waals surface area contributed by atoms with Gasteiger partial charge in [0.25, 0.3) is 0 Å². The summed E-state index contributed by atoms with van der Waals surface area (Å²) in [6, 6.07) is 7.53. The first-order valence-corrected chi connectivity index (χ1v) is 10.3. The Morgan fingerprint density at radius 1 is 1.00 bits per heavy atom. The number of carboxylic acids is 3. The molecule has 184 valence electrons. The molecule has 11 N–H and O–H groups in total. The molecule has 1 saturated heterocycles. The van der Waals surface area contributed by atoms with Crippen LogP contribution in [0.25, 0.3) is 0 Å². The largest absolute Gasteiger partial charge is 0.480 e. The fourth-order valence-electron chi connectivity index (χ4n) is 3.14. The van der Waals surface area contributed by atoms with E-state index in [0.717, 1.165) is 31.4 Å². The maximum absolute atomic E-state index is 11.3. The van der Waals surface area contributed by atoms with Gasteiger partial charge in [-0.25, -0.2) is 0 Å². The fourth-order valence-corrected chi connectivity index (χ4v) is 3.14. The molecule has 0 aromatic heterocycles. The predicted molar refractivity (Wildman–Crippen MR) is 120 cm³/mol. The van der Waals surface area contributed by atoms with E-state index in [1.54, 1.807) is 0 Å². The molecule has 0 unspecified atom stereocenters. The quantitative estimate of drug-likeness (QED) is 0.219. The Kier molecular flexibility index (Phi) is 17.8. The molecule has 1 fully saturated rings. The van der Waals surface area contributed by atoms with E-state index in [9.17, 15) is 24.6 Å². The molecule has 1 aromatic rings. The van der Waals surface area contributed by atoms with E-state index in [1.807, 2.05) is 30.3 Å². The molecule has 0 aliphatic carbocycles. The molecular formula is C21H37N3O8. The number of nitrogens with two attached hydrogens (primary N) is 1. The Morgan fingerprint density at radius 3 is 2.03 bits per heavy atom. The van der Waals surface area contributed by atoms with Crippen molar-refractivity contribution < 1.29 is 40.7 Å². The minimum Gasteiger partial charge on any atom is -0.480 e. The zero-order valence-corrected chi connectivity index (χ0v) is 18.1. The van der Waals surface area contributed by atoms with Crippen LogP contribution in [0.3, 0.4) is 0 Å². The topological polar surface area (TPSA) is 225 Å². The van der Waals surface area contributed by atoms with Crippen LogP contribution in [0.1, 0.15) is 44.1 Å². The Labute approximate surface area is 187 Å². The second kappa shape index (κ2) is 18.0. The average Bonchev–Trinajstić information content (AvgIpc) is 3.26. The number of aryl methyl sites for hydroxylation is 1. The zero-order valence-electron chi connectivity index (χ0n) is 18.1. The summed E-state index contributed by atoms with van der Waals surface area (Å²) in [6.07, 6.45) is 4.48. The maximum atomic E-state index is 11.3. The van der Waals surface area contributed by atoms with Gasteiger partial charge in [-0.05, 0) is 57.2 Å². The number of hydrogen-bond acceptors (Lipinski definition) is 6. The van der Waals surface area contributed by atoms with Crippen LogP contribution < -0.4 is 16.4 Å². The first-order chi connectivity index (χ1) is 14.3. The molecule has 11 heteroatoms. The van der Waals surface area contributed by atoms with Crippen LogP contribution in [-0.4, -0.2) is 75.4 Å². The molecule has 0 amide bonds. The van der Waals surface area contributed by atoms with Gasteiger partial charge in [0.2, 0.25) is 0 Å². The van der Waals surface area contributed by atoms with Crippen LogP contribution in [-0.2, 0) is 20.8 Å². The van der Waals surface area contributed by atoms with Gasteiger partial charge >= 0.3 is 17.9 Å². The van der Waals surface area contributed by atoms with Crippen molar-refractivity contribution in [2.45, 2.75) is 63.1 Å². The van der Waals surface area contributed by atoms with Crippen molar-refractivity contribution in [3.63, 3.8) is 0 Å². The van der Waals surface area contributed by atoms with Crippen LogP contribution in [0, 0.1) is 0 Å². The van der Waals surface area contributed by atoms with Crippen LogP contribution in [0.5, 0.6) is 0 Å². The number of nitrogens with one attached hydrogen (secondary N) is 2. The molecule has 1 aliphatic rings. The van der Waals surface area contributed by atoms with E-state index in [2.05, 4.69) is 10.6 Å². The number of benzene rings is 1. The van der Waals surface area contributed by atoms with Crippen LogP contribution >= 0.6 is 0 Å². The van der Waals surface area contributed by atoms with Gasteiger partial charge in [-0.2, -0.15) is 0 Å². The lowest BCUT2D eigenvalue weighted by Crippen LogP contribution is -2.47. The highest BCUT2D eigenvalue weighted by Crippen LogP contribution is 2.08. The third-order valence-electron chi connectivity index (χ3n) is 4.87. The lowest BCUT2D eigenvalue weighted by atomic mass is 10.0. The minimum absolute atomic E-state index is 0. The van der Waals surface area contributed by atoms with E-state index >= 15 is 0 Å². The SMILES string of the molecule is NCCCC[C@H](N[C@@H](CCc1ccccc1)C(=O)O)C(=O)O.O.O.O=C(O)[C@@H]1CCCN1. The molecule has 0 saturated carbocycles. The van der Waals surface area contributed by atoms with Crippen molar-refractivity contribution in [3.05, 3.63) is 35.9 Å². The molecule has 2 rings (SSSR count). The predicted octanol–water partition coefficient (Wildman–Crippen LogP) is -0.582. The van der Waals surface area contributed by atoms with Crippen LogP contribution in [0.2, 0.25) is 0 Å². The Bertz CT molecular complexity index is 654. The molecular weight excluding hydrogens is 422 g/mol. The van der Waals surface area contributed by atoms with E-state index in [4.69, 9.17) is 10.8 Å². The van der Waals surface area contributed by atoms with Crippen molar-refractivity contribution in [1.29, 1.82) is 0 Å². The first kappa shape index (κ1) is 31.6. The van der Waals surface area contributed by atoms with Gasteiger partial charge in [0.05, 0.1) is 0 Å². The molecule has 0 bridgehead atoms. The van der Waals surface area contributed by atoms with Crippen molar-refractivity contribution >= 4 is 17.9 Å². The Balaban J connectivity index is 0. The van der Waals surface area contributed by atoms with Gasteiger partial charge in [0.1, 0.15) is 18.1 Å². The highest BCUT2D eigenvalue weighted by atomic mass is 16.4. The highest BCUT2D eigenvalue weighted by molar-refractivity contribution is 5.77. The van der Waals surface area contributed by atoms with E-state index in [1.165, 1.54) is 0 Å². The highest BCUT2D eigenvalue weighted by Gasteiger charge is 2.25. The number of unbranched alkanes of at least 4 members (excludes halogenated alkanes) is 1. The minimum atomic E-state index is -1.03. The number of carboxylic acid groups (broad SMARTS) is 3. The number of rotatable bonds is 12. The van der Waals surface area contributed by atoms with Gasteiger partial charge in [0, 0.05) is 0 Å². The lowest BCUT2D eigenvalue weighted by molar-refractivity contribution is -0.143. The standard InChI is InChI=1S/C16H24N2O4.C5H9NO2.2H2O/c17-11-5-4-8-13(15(19)20)18-14(16(21)22)10-9-12-6-2-1-3-7-12;7-5(8)4-2-1-3-6-4;;/h1-3,6-7,13-14,18H,4-5,8-11,17H2,(H,19,20)(H,21,22);4,6H,1-3H2,(H,7,8);2*1H2/t13-,14-;4-;;/m00../s1. The molecule has 1 aromatic carbocycles. The third kappa shape index (κ3) is 13.0. The molecule has 1 aliphatic heterocycles. The van der Waals surface area contributed by atoms with Gasteiger partial charge in [-0.3, -0.25) is 19.7 Å². The van der Waals surface area contributed by atoms with Gasteiger partial charge in [0.15, 0.2) is 0 Å². The van der Waals surface area contributed by atoms with Crippen molar-refractivity contribution in [2.75, 3.05) is 13.1 Å². The Hall–Kier alpha value is -2.57. The smallest absolute Gasteiger partial charge is 0.320 e. The first-order valence-electron chi connectivity index (χ1n) is 10.3. The van der Waals surface area contributed by atoms with Crippen LogP contribution in [0.4, 0.5) is 0 Å². The summed E-state index contributed by atoms with van der Waals surface area (Å²) in [6.45, 7) is 1.36. The fraction of sp³-hybridized carbons (Fsp3) is 0.571. The van der Waals surface area contributed by atoms with E-state index in [0.29, 0.717) is 32.2 Å². The Morgan fingerprint density at radius 2 is 1.59 bits per heavy atom. The summed E-state index contributed by atoms with van der Waals surface area (Å²) in [4.78, 5) is 32.7. The normalized spacial score (nSPS) is 16.3. The second-order valence-electron chi connectivity index (χ2n) is 7.24. The average molecular weight is 460 g/mol. The van der Waals surface area contributed by atoms with E-state index < -0.39 is 30.0 Å². The maximum Gasteiger partial charge on any atom is 0.320 e. The summed E-state index contributed by atoms with van der Waals surface area (Å²) >= 11 is 0. The van der Waals surface area contributed by atoms with Gasteiger partial charge < -0.3 is 37.3 Å². The summed E-state index contributed by atoms with van der Waals surface area (Å²) in [5.74, 6) is -2.77. The van der Waals surface area contributed by atoms with Gasteiger partial charge in [-0.1, -0.05) is 36.8 Å². The zero-order chi connectivity index (χ0) is 22.4. The molecule has 3 atom stereocenters. The van der Waals surface area contributed by atoms with Crippen molar-refractivity contribution in [3.8, 4) is 0 Å². The van der Waals surface area contributed by atoms with Crippen LogP contribution in [0.15, 0.2) is 30.3 Å². The summed E-state index contributed by atoms with van der Waals surface area (Å²) in [7, 11) is 0. The summed E-state index contributed by atoms with van der Waals surface area (Å²) in [5.41, 5.74) is 6.42.